The first-order chi connectivity index (χ1) is 12.6. The number of fused-ring (bicyclic) bond motifs is 1. The molecule has 1 saturated heterocycles. The highest BCUT2D eigenvalue weighted by Gasteiger charge is 2.40. The van der Waals surface area contributed by atoms with Crippen molar-refractivity contribution in [1.29, 1.82) is 0 Å². The molecule has 0 aromatic heterocycles. The van der Waals surface area contributed by atoms with Gasteiger partial charge < -0.3 is 9.84 Å². The number of ether oxygens (including phenoxy) is 1. The highest BCUT2D eigenvalue weighted by Crippen LogP contribution is 2.44. The molecule has 134 valence electrons. The molecule has 0 aliphatic carbocycles. The lowest BCUT2D eigenvalue weighted by Gasteiger charge is -2.42. The van der Waals surface area contributed by atoms with Gasteiger partial charge in [-0.05, 0) is 23.3 Å². The Labute approximate surface area is 151 Å². The second-order valence-electron chi connectivity index (χ2n) is 6.88. The number of aliphatic carboxylic acids is 1. The van der Waals surface area contributed by atoms with E-state index in [1.807, 2.05) is 41.3 Å². The van der Waals surface area contributed by atoms with Gasteiger partial charge in [0.05, 0.1) is 6.54 Å². The van der Waals surface area contributed by atoms with Crippen molar-refractivity contribution < 1.29 is 19.0 Å². The third kappa shape index (κ3) is 3.10. The van der Waals surface area contributed by atoms with Crippen LogP contribution >= 0.6 is 0 Å². The zero-order valence-electron chi connectivity index (χ0n) is 14.3. The summed E-state index contributed by atoms with van der Waals surface area (Å²) in [4.78, 5) is 12.8. The van der Waals surface area contributed by atoms with E-state index in [1.165, 1.54) is 6.07 Å². The molecule has 1 spiro atoms. The molecule has 1 fully saturated rings. The predicted octanol–water partition coefficient (Wildman–Crippen LogP) is 3.57. The van der Waals surface area contributed by atoms with Crippen LogP contribution in [0.15, 0.2) is 54.6 Å². The number of rotatable bonds is 3. The Kier molecular flexibility index (Phi) is 4.24. The van der Waals surface area contributed by atoms with E-state index in [-0.39, 0.29) is 12.4 Å². The second-order valence-corrected chi connectivity index (χ2v) is 6.88. The number of carboxylic acids is 1. The number of likely N-dealkylation sites (tertiary alicyclic amines) is 1. The van der Waals surface area contributed by atoms with Crippen LogP contribution in [-0.4, -0.2) is 41.2 Å². The first kappa shape index (κ1) is 16.8. The minimum Gasteiger partial charge on any atom is -0.480 e. The summed E-state index contributed by atoms with van der Waals surface area (Å²) in [6.45, 7) is 1.24. The summed E-state index contributed by atoms with van der Waals surface area (Å²) in [5.41, 5.74) is 2.15. The lowest BCUT2D eigenvalue weighted by atomic mass is 9.83. The number of benzene rings is 2. The van der Waals surface area contributed by atoms with Gasteiger partial charge in [0.25, 0.3) is 0 Å². The summed E-state index contributed by atoms with van der Waals surface area (Å²) in [7, 11) is 0. The minimum atomic E-state index is -0.831. The van der Waals surface area contributed by atoms with Gasteiger partial charge in [-0.3, -0.25) is 9.69 Å². The molecular formula is C21H20FNO3. The molecule has 2 heterocycles. The predicted molar refractivity (Wildman–Crippen MR) is 96.6 cm³/mol. The van der Waals surface area contributed by atoms with Crippen LogP contribution in [0, 0.1) is 5.82 Å². The largest absolute Gasteiger partial charge is 0.480 e. The summed E-state index contributed by atoms with van der Waals surface area (Å²) in [5, 5.41) is 8.99. The zero-order chi connectivity index (χ0) is 18.1. The van der Waals surface area contributed by atoms with Gasteiger partial charge >= 0.3 is 5.97 Å². The Morgan fingerprint density at radius 3 is 2.54 bits per heavy atom. The van der Waals surface area contributed by atoms with E-state index in [4.69, 9.17) is 9.84 Å². The average molecular weight is 353 g/mol. The molecule has 0 atom stereocenters. The molecule has 2 aromatic carbocycles. The second kappa shape index (κ2) is 6.57. The zero-order valence-corrected chi connectivity index (χ0v) is 14.3. The van der Waals surface area contributed by atoms with Crippen LogP contribution in [0.25, 0.3) is 5.57 Å². The van der Waals surface area contributed by atoms with E-state index in [1.54, 1.807) is 6.07 Å². The van der Waals surface area contributed by atoms with E-state index >= 15 is 0 Å². The minimum absolute atomic E-state index is 0.0241. The van der Waals surface area contributed by atoms with E-state index in [2.05, 4.69) is 6.08 Å². The number of para-hydroxylation sites is 1. The molecule has 26 heavy (non-hydrogen) atoms. The van der Waals surface area contributed by atoms with E-state index < -0.39 is 11.6 Å². The Hall–Kier alpha value is -2.66. The van der Waals surface area contributed by atoms with Gasteiger partial charge in [-0.1, -0.05) is 42.5 Å². The molecule has 0 saturated carbocycles. The lowest BCUT2D eigenvalue weighted by molar-refractivity contribution is -0.139. The van der Waals surface area contributed by atoms with Crippen molar-refractivity contribution >= 4 is 11.5 Å². The van der Waals surface area contributed by atoms with Gasteiger partial charge in [0.2, 0.25) is 0 Å². The smallest absolute Gasteiger partial charge is 0.317 e. The topological polar surface area (TPSA) is 49.8 Å². The average Bonchev–Trinajstić information content (AvgIpc) is 2.65. The van der Waals surface area contributed by atoms with Crippen LogP contribution in [-0.2, 0) is 4.79 Å². The Bertz CT molecular complexity index is 855. The van der Waals surface area contributed by atoms with Gasteiger partial charge in [0, 0.05) is 31.5 Å². The molecule has 1 N–H and O–H groups in total. The number of hydrogen-bond donors (Lipinski definition) is 1. The highest BCUT2D eigenvalue weighted by atomic mass is 19.1. The molecular weight excluding hydrogens is 333 g/mol. The maximum atomic E-state index is 14.5. The SMILES string of the molecule is O=C(O)CN1CCC2(C=C(c3ccccc3)c3cccc(F)c3O2)CC1. The summed E-state index contributed by atoms with van der Waals surface area (Å²) in [6, 6.07) is 14.9. The molecule has 2 aliphatic rings. The number of carboxylic acid groups (broad SMARTS) is 1. The Balaban J connectivity index is 1.72. The van der Waals surface area contributed by atoms with Crippen LogP contribution in [0.4, 0.5) is 4.39 Å². The van der Waals surface area contributed by atoms with Crippen molar-refractivity contribution in [2.45, 2.75) is 18.4 Å². The molecule has 5 heteroatoms. The van der Waals surface area contributed by atoms with Gasteiger partial charge in [0.15, 0.2) is 11.6 Å². The summed E-state index contributed by atoms with van der Waals surface area (Å²) >= 11 is 0. The van der Waals surface area contributed by atoms with Gasteiger partial charge in [-0.15, -0.1) is 0 Å². The van der Waals surface area contributed by atoms with Crippen molar-refractivity contribution in [2.75, 3.05) is 19.6 Å². The van der Waals surface area contributed by atoms with Crippen molar-refractivity contribution in [3.05, 3.63) is 71.6 Å². The quantitative estimate of drug-likeness (QED) is 0.917. The monoisotopic (exact) mass is 353 g/mol. The fraction of sp³-hybridized carbons (Fsp3) is 0.286. The Morgan fingerprint density at radius 2 is 1.85 bits per heavy atom. The van der Waals surface area contributed by atoms with E-state index in [0.717, 1.165) is 16.7 Å². The number of piperidine rings is 1. The van der Waals surface area contributed by atoms with Gasteiger partial charge in [0.1, 0.15) is 5.60 Å². The molecule has 4 nitrogen and oxygen atoms in total. The van der Waals surface area contributed by atoms with Crippen LogP contribution in [0.1, 0.15) is 24.0 Å². The number of hydrogen-bond acceptors (Lipinski definition) is 3. The van der Waals surface area contributed by atoms with Gasteiger partial charge in [-0.25, -0.2) is 4.39 Å². The molecule has 4 rings (SSSR count). The maximum Gasteiger partial charge on any atom is 0.317 e. The standard InChI is InChI=1S/C21H20FNO3/c22-18-8-4-7-16-17(15-5-2-1-3-6-15)13-21(26-20(16)18)9-11-23(12-10-21)14-19(24)25/h1-8,13H,9-12,14H2,(H,24,25). The van der Waals surface area contributed by atoms with Crippen molar-refractivity contribution in [3.63, 3.8) is 0 Å². The molecule has 0 amide bonds. The summed E-state index contributed by atoms with van der Waals surface area (Å²) in [5.74, 6) is -0.903. The number of nitrogens with zero attached hydrogens (tertiary/aromatic N) is 1. The lowest BCUT2D eigenvalue weighted by Crippen LogP contribution is -2.49. The number of carbonyl (C=O) groups is 1. The normalized spacial score (nSPS) is 18.7. The summed E-state index contributed by atoms with van der Waals surface area (Å²) in [6.07, 6.45) is 3.36. The van der Waals surface area contributed by atoms with Gasteiger partial charge in [-0.2, -0.15) is 0 Å². The number of halogens is 1. The van der Waals surface area contributed by atoms with Crippen molar-refractivity contribution in [2.24, 2.45) is 0 Å². The van der Waals surface area contributed by atoms with Crippen molar-refractivity contribution in [1.82, 2.24) is 4.90 Å². The van der Waals surface area contributed by atoms with Crippen LogP contribution in [0.2, 0.25) is 0 Å². The maximum absolute atomic E-state index is 14.5. The summed E-state index contributed by atoms with van der Waals surface area (Å²) < 4.78 is 20.7. The van der Waals surface area contributed by atoms with E-state index in [0.29, 0.717) is 31.7 Å². The van der Waals surface area contributed by atoms with Crippen LogP contribution < -0.4 is 4.74 Å². The molecule has 0 unspecified atom stereocenters. The first-order valence-corrected chi connectivity index (χ1v) is 8.77. The highest BCUT2D eigenvalue weighted by molar-refractivity contribution is 5.85. The van der Waals surface area contributed by atoms with E-state index in [9.17, 15) is 9.18 Å². The van der Waals surface area contributed by atoms with Crippen molar-refractivity contribution in [3.8, 4) is 5.75 Å². The van der Waals surface area contributed by atoms with Crippen LogP contribution in [0.5, 0.6) is 5.75 Å². The molecule has 2 aliphatic heterocycles. The Morgan fingerprint density at radius 1 is 1.12 bits per heavy atom. The third-order valence-electron chi connectivity index (χ3n) is 5.12. The van der Waals surface area contributed by atoms with Crippen LogP contribution in [0.3, 0.4) is 0 Å². The fourth-order valence-electron chi connectivity index (χ4n) is 3.78. The fourth-order valence-corrected chi connectivity index (χ4v) is 3.78. The molecule has 0 radical (unpaired) electrons. The molecule has 0 bridgehead atoms. The third-order valence-corrected chi connectivity index (χ3v) is 5.12. The first-order valence-electron chi connectivity index (χ1n) is 8.77. The molecule has 2 aromatic rings.